The minimum Gasteiger partial charge on any atom is -0.481 e. The van der Waals surface area contributed by atoms with Crippen LogP contribution in [0, 0.1) is 5.92 Å². The molecule has 2 aromatic carbocycles. The van der Waals surface area contributed by atoms with E-state index in [2.05, 4.69) is 29.6 Å². The van der Waals surface area contributed by atoms with Crippen LogP contribution >= 0.6 is 0 Å². The van der Waals surface area contributed by atoms with E-state index in [0.717, 1.165) is 43.2 Å². The second-order valence-electron chi connectivity index (χ2n) is 9.87. The van der Waals surface area contributed by atoms with Crippen molar-refractivity contribution in [3.8, 4) is 11.1 Å². The van der Waals surface area contributed by atoms with Crippen LogP contribution in [0.25, 0.3) is 11.1 Å². The Labute approximate surface area is 205 Å². The Morgan fingerprint density at radius 3 is 2.17 bits per heavy atom. The summed E-state index contributed by atoms with van der Waals surface area (Å²) in [6, 6.07) is 16.3. The summed E-state index contributed by atoms with van der Waals surface area (Å²) in [7, 11) is 0. The molecule has 2 aromatic rings. The van der Waals surface area contributed by atoms with Crippen molar-refractivity contribution >= 4 is 18.0 Å². The lowest BCUT2D eigenvalue weighted by Gasteiger charge is -2.35. The zero-order valence-electron chi connectivity index (χ0n) is 19.8. The van der Waals surface area contributed by atoms with Gasteiger partial charge >= 0.3 is 12.1 Å². The topological polar surface area (TPSA) is 95.9 Å². The maximum Gasteiger partial charge on any atom is 0.407 e. The van der Waals surface area contributed by atoms with Gasteiger partial charge in [0.2, 0.25) is 5.91 Å². The largest absolute Gasteiger partial charge is 0.481 e. The highest BCUT2D eigenvalue weighted by atomic mass is 16.5. The van der Waals surface area contributed by atoms with E-state index in [-0.39, 0.29) is 49.4 Å². The Morgan fingerprint density at radius 1 is 0.914 bits per heavy atom. The van der Waals surface area contributed by atoms with Crippen molar-refractivity contribution in [2.75, 3.05) is 13.2 Å². The number of hydrogen-bond acceptors (Lipinski definition) is 4. The first kappa shape index (κ1) is 23.4. The number of carbonyl (C=O) groups is 3. The van der Waals surface area contributed by atoms with Crippen LogP contribution < -0.4 is 5.32 Å². The normalized spacial score (nSPS) is 21.0. The molecule has 35 heavy (non-hydrogen) atoms. The number of benzene rings is 2. The number of hydrogen-bond donors (Lipinski definition) is 2. The summed E-state index contributed by atoms with van der Waals surface area (Å²) in [6.45, 7) is 0.463. The number of ether oxygens (including phenoxy) is 1. The lowest BCUT2D eigenvalue weighted by molar-refractivity contribution is -0.141. The van der Waals surface area contributed by atoms with Crippen molar-refractivity contribution in [1.82, 2.24) is 10.2 Å². The lowest BCUT2D eigenvalue weighted by Crippen LogP contribution is -2.50. The number of aliphatic carboxylic acids is 1. The molecule has 0 heterocycles. The molecule has 2 N–H and O–H groups in total. The molecular formula is C28H32N2O5. The van der Waals surface area contributed by atoms with Gasteiger partial charge in [-0.3, -0.25) is 9.59 Å². The number of amides is 2. The Bertz CT molecular complexity index is 1070. The molecule has 7 heteroatoms. The molecule has 0 aromatic heterocycles. The van der Waals surface area contributed by atoms with Crippen molar-refractivity contribution in [2.24, 2.45) is 5.92 Å². The predicted molar refractivity (Wildman–Crippen MR) is 131 cm³/mol. The summed E-state index contributed by atoms with van der Waals surface area (Å²) >= 11 is 0. The van der Waals surface area contributed by atoms with Gasteiger partial charge in [0.05, 0.1) is 12.3 Å². The second-order valence-corrected chi connectivity index (χ2v) is 9.87. The molecule has 7 nitrogen and oxygen atoms in total. The van der Waals surface area contributed by atoms with Crippen molar-refractivity contribution in [2.45, 2.75) is 62.9 Å². The Kier molecular flexibility index (Phi) is 6.75. The highest BCUT2D eigenvalue weighted by Gasteiger charge is 2.40. The van der Waals surface area contributed by atoms with Crippen LogP contribution in [0.15, 0.2) is 48.5 Å². The molecule has 3 aliphatic rings. The zero-order valence-corrected chi connectivity index (χ0v) is 19.8. The number of nitrogens with one attached hydrogen (secondary N) is 1. The Hall–Kier alpha value is -3.35. The molecule has 0 saturated heterocycles. The maximum absolute atomic E-state index is 13.4. The molecule has 0 spiro atoms. The first-order valence-corrected chi connectivity index (χ1v) is 12.7. The number of carboxylic acids is 1. The van der Waals surface area contributed by atoms with Crippen molar-refractivity contribution in [1.29, 1.82) is 0 Å². The predicted octanol–water partition coefficient (Wildman–Crippen LogP) is 4.55. The van der Waals surface area contributed by atoms with Crippen LogP contribution in [0.1, 0.15) is 62.0 Å². The minimum atomic E-state index is -0.902. The zero-order chi connectivity index (χ0) is 24.4. The van der Waals surface area contributed by atoms with Crippen LogP contribution in [-0.4, -0.2) is 53.2 Å². The number of rotatable bonds is 8. The van der Waals surface area contributed by atoms with E-state index >= 15 is 0 Å². The number of fused-ring (bicyclic) bond motifs is 3. The molecule has 0 aliphatic heterocycles. The molecule has 2 fully saturated rings. The molecule has 184 valence electrons. The first-order valence-electron chi connectivity index (χ1n) is 12.7. The second kappa shape index (κ2) is 10.1. The van der Waals surface area contributed by atoms with Gasteiger partial charge in [0.15, 0.2) is 0 Å². The van der Waals surface area contributed by atoms with Crippen molar-refractivity contribution in [3.63, 3.8) is 0 Å². The molecule has 0 bridgehead atoms. The quantitative estimate of drug-likeness (QED) is 0.583. The number of carboxylic acid groups (broad SMARTS) is 1. The first-order chi connectivity index (χ1) is 17.0. The maximum atomic E-state index is 13.4. The Morgan fingerprint density at radius 2 is 1.54 bits per heavy atom. The van der Waals surface area contributed by atoms with E-state index < -0.39 is 12.1 Å². The van der Waals surface area contributed by atoms with Gasteiger partial charge < -0.3 is 20.1 Å². The highest BCUT2D eigenvalue weighted by Crippen LogP contribution is 2.44. The number of nitrogens with zero attached hydrogens (tertiary/aromatic N) is 1. The average Bonchev–Trinajstić information content (AvgIpc) is 3.65. The van der Waals surface area contributed by atoms with Gasteiger partial charge in [0.25, 0.3) is 0 Å². The third kappa shape index (κ3) is 5.04. The van der Waals surface area contributed by atoms with E-state index in [1.54, 1.807) is 4.90 Å². The van der Waals surface area contributed by atoms with Crippen LogP contribution in [0.3, 0.4) is 0 Å². The fraction of sp³-hybridized carbons (Fsp3) is 0.464. The summed E-state index contributed by atoms with van der Waals surface area (Å²) in [5, 5.41) is 12.1. The van der Waals surface area contributed by atoms with Crippen LogP contribution in [0.5, 0.6) is 0 Å². The van der Waals surface area contributed by atoms with E-state index in [1.165, 1.54) is 11.1 Å². The van der Waals surface area contributed by atoms with Crippen LogP contribution in [0.2, 0.25) is 0 Å². The standard InChI is InChI=1S/C28H32N2O5/c31-26(32)15-16-30(18-13-14-18)27(33)23-11-5-6-12-25(23)29-28(34)35-17-24-21-9-3-1-7-19(21)20-8-2-4-10-22(20)24/h1-4,7-10,18,23-25H,5-6,11-17H2,(H,29,34)(H,31,32)/t23-,25+/m0/s1. The summed E-state index contributed by atoms with van der Waals surface area (Å²) in [5.41, 5.74) is 4.67. The van der Waals surface area contributed by atoms with Gasteiger partial charge in [-0.1, -0.05) is 61.4 Å². The minimum absolute atomic E-state index is 0.0155. The molecule has 5 rings (SSSR count). The summed E-state index contributed by atoms with van der Waals surface area (Å²) in [6.07, 6.45) is 4.57. The van der Waals surface area contributed by atoms with Crippen molar-refractivity contribution < 1.29 is 24.2 Å². The van der Waals surface area contributed by atoms with Gasteiger partial charge in [-0.2, -0.15) is 0 Å². The highest BCUT2D eigenvalue weighted by molar-refractivity contribution is 5.82. The van der Waals surface area contributed by atoms with Gasteiger partial charge in [-0.05, 0) is 47.9 Å². The fourth-order valence-corrected chi connectivity index (χ4v) is 5.68. The van der Waals surface area contributed by atoms with Gasteiger partial charge in [0.1, 0.15) is 6.61 Å². The van der Waals surface area contributed by atoms with E-state index in [1.807, 2.05) is 24.3 Å². The monoisotopic (exact) mass is 476 g/mol. The summed E-state index contributed by atoms with van der Waals surface area (Å²) in [4.78, 5) is 39.0. The number of carbonyl (C=O) groups excluding carboxylic acids is 2. The molecule has 2 saturated carbocycles. The van der Waals surface area contributed by atoms with E-state index in [4.69, 9.17) is 9.84 Å². The van der Waals surface area contributed by atoms with Gasteiger partial charge in [-0.25, -0.2) is 4.79 Å². The molecule has 3 aliphatic carbocycles. The van der Waals surface area contributed by atoms with E-state index in [9.17, 15) is 14.4 Å². The molecule has 0 unspecified atom stereocenters. The van der Waals surface area contributed by atoms with Crippen molar-refractivity contribution in [3.05, 3.63) is 59.7 Å². The van der Waals surface area contributed by atoms with Crippen LogP contribution in [-0.2, 0) is 14.3 Å². The third-order valence-corrected chi connectivity index (χ3v) is 7.57. The van der Waals surface area contributed by atoms with Crippen LogP contribution in [0.4, 0.5) is 4.79 Å². The SMILES string of the molecule is O=C(O)CCN(C(=O)[C@H]1CCCC[C@H]1NC(=O)OCC1c2ccccc2-c2ccccc21)C1CC1. The molecule has 2 atom stereocenters. The molecule has 2 amide bonds. The molecular weight excluding hydrogens is 444 g/mol. The van der Waals surface area contributed by atoms with Gasteiger partial charge in [-0.15, -0.1) is 0 Å². The average molecular weight is 477 g/mol. The number of alkyl carbamates (subject to hydrolysis) is 1. The third-order valence-electron chi connectivity index (χ3n) is 7.57. The van der Waals surface area contributed by atoms with E-state index in [0.29, 0.717) is 6.42 Å². The summed E-state index contributed by atoms with van der Waals surface area (Å²) < 4.78 is 5.72. The van der Waals surface area contributed by atoms with Gasteiger partial charge in [0, 0.05) is 24.5 Å². The summed E-state index contributed by atoms with van der Waals surface area (Å²) in [5.74, 6) is -1.28. The lowest BCUT2D eigenvalue weighted by atomic mass is 9.83. The smallest absolute Gasteiger partial charge is 0.407 e. The molecule has 0 radical (unpaired) electrons. The Balaban J connectivity index is 1.23. The fourth-order valence-electron chi connectivity index (χ4n) is 5.68.